The van der Waals surface area contributed by atoms with Crippen molar-refractivity contribution in [2.24, 2.45) is 0 Å². The van der Waals surface area contributed by atoms with E-state index in [9.17, 15) is 19.5 Å². The molecule has 0 amide bonds. The zero-order chi connectivity index (χ0) is 25.3. The first-order valence-corrected chi connectivity index (χ1v) is 13.4. The highest BCUT2D eigenvalue weighted by Crippen LogP contribution is 2.08. The Labute approximate surface area is 206 Å². The van der Waals surface area contributed by atoms with Gasteiger partial charge in [-0.1, -0.05) is 58.3 Å². The minimum Gasteiger partial charge on any atom is -0.481 e. The third kappa shape index (κ3) is 23.5. The molecular weight excluding hydrogens is 438 g/mol. The average molecular weight is 488 g/mol. The molecule has 8 nitrogen and oxygen atoms in total. The van der Waals surface area contributed by atoms with Gasteiger partial charge in [0.05, 0.1) is 19.8 Å². The van der Waals surface area contributed by atoms with Crippen molar-refractivity contribution in [3.63, 3.8) is 0 Å². The molecule has 0 spiro atoms. The number of unbranched alkanes of at least 4 members (excludes halogenated alkanes) is 11. The Morgan fingerprint density at radius 2 is 1.12 bits per heavy atom. The lowest BCUT2D eigenvalue weighted by molar-refractivity contribution is -0.154. The second-order valence-electron chi connectivity index (χ2n) is 8.92. The molecule has 0 saturated carbocycles. The number of esters is 2. The summed E-state index contributed by atoms with van der Waals surface area (Å²) in [6.07, 6.45) is 14.1. The Morgan fingerprint density at radius 1 is 0.647 bits per heavy atom. The van der Waals surface area contributed by atoms with Gasteiger partial charge >= 0.3 is 17.9 Å². The molecule has 0 radical (unpaired) electrons. The Balaban J connectivity index is 3.65. The predicted octanol–water partition coefficient (Wildman–Crippen LogP) is 4.71. The fourth-order valence-corrected chi connectivity index (χ4v) is 3.71. The van der Waals surface area contributed by atoms with Crippen LogP contribution in [0.5, 0.6) is 0 Å². The van der Waals surface area contributed by atoms with Crippen LogP contribution < -0.4 is 0 Å². The molecular formula is C26H49NO7. The van der Waals surface area contributed by atoms with Gasteiger partial charge in [0, 0.05) is 13.0 Å². The van der Waals surface area contributed by atoms with Gasteiger partial charge in [0.15, 0.2) is 0 Å². The molecule has 0 rings (SSSR count). The molecule has 0 unspecified atom stereocenters. The minimum atomic E-state index is -0.731. The quantitative estimate of drug-likeness (QED) is 0.108. The Kier molecular flexibility index (Phi) is 23.3. The van der Waals surface area contributed by atoms with Crippen LogP contribution in [0.15, 0.2) is 0 Å². The summed E-state index contributed by atoms with van der Waals surface area (Å²) in [4.78, 5) is 36.2. The summed E-state index contributed by atoms with van der Waals surface area (Å²) < 4.78 is 10.2. The molecule has 0 aromatic carbocycles. The molecule has 0 aromatic heterocycles. The van der Waals surface area contributed by atoms with Crippen molar-refractivity contribution in [2.75, 3.05) is 39.5 Å². The number of carboxylic acid groups (broad SMARTS) is 1. The summed E-state index contributed by atoms with van der Waals surface area (Å²) in [7, 11) is 0. The summed E-state index contributed by atoms with van der Waals surface area (Å²) >= 11 is 0. The van der Waals surface area contributed by atoms with Gasteiger partial charge in [-0.2, -0.15) is 0 Å². The average Bonchev–Trinajstić information content (AvgIpc) is 2.79. The van der Waals surface area contributed by atoms with Crippen LogP contribution in [0.3, 0.4) is 0 Å². The monoisotopic (exact) mass is 487 g/mol. The molecule has 0 fully saturated rings. The zero-order valence-electron chi connectivity index (χ0n) is 21.4. The minimum absolute atomic E-state index is 0.130. The fraction of sp³-hybridized carbons (Fsp3) is 0.885. The summed E-state index contributed by atoms with van der Waals surface area (Å²) in [5.74, 6) is -1.77. The molecule has 0 saturated heterocycles. The summed E-state index contributed by atoms with van der Waals surface area (Å²) in [6, 6.07) is 0. The predicted molar refractivity (Wildman–Crippen MR) is 133 cm³/mol. The number of aliphatic carboxylic acids is 1. The van der Waals surface area contributed by atoms with Crippen LogP contribution in [0.4, 0.5) is 0 Å². The molecule has 0 aliphatic heterocycles. The van der Waals surface area contributed by atoms with Crippen molar-refractivity contribution in [1.29, 1.82) is 0 Å². The largest absolute Gasteiger partial charge is 0.481 e. The van der Waals surface area contributed by atoms with Gasteiger partial charge in [-0.05, 0) is 51.6 Å². The van der Waals surface area contributed by atoms with Crippen molar-refractivity contribution in [1.82, 2.24) is 4.90 Å². The van der Waals surface area contributed by atoms with Gasteiger partial charge in [0.1, 0.15) is 6.42 Å². The molecule has 34 heavy (non-hydrogen) atoms. The van der Waals surface area contributed by atoms with E-state index in [4.69, 9.17) is 14.6 Å². The second-order valence-corrected chi connectivity index (χ2v) is 8.92. The van der Waals surface area contributed by atoms with Crippen LogP contribution in [-0.4, -0.2) is 72.5 Å². The first-order valence-electron chi connectivity index (χ1n) is 13.4. The lowest BCUT2D eigenvalue weighted by atomic mass is 10.1. The van der Waals surface area contributed by atoms with Gasteiger partial charge in [-0.25, -0.2) is 0 Å². The molecule has 0 heterocycles. The number of carbonyl (C=O) groups is 3. The lowest BCUT2D eigenvalue weighted by Crippen LogP contribution is -2.29. The molecule has 0 aromatic rings. The molecule has 8 heteroatoms. The SMILES string of the molecule is CCCCCCCCOC(=O)CC(=O)OCCCCCN(CCO)CCCCCCCC(=O)O. The maximum atomic E-state index is 11.7. The molecule has 2 N–H and O–H groups in total. The Morgan fingerprint density at radius 3 is 1.65 bits per heavy atom. The molecule has 0 aliphatic rings. The summed E-state index contributed by atoms with van der Waals surface area (Å²) in [5.41, 5.74) is 0. The van der Waals surface area contributed by atoms with Crippen LogP contribution in [0.25, 0.3) is 0 Å². The first-order chi connectivity index (χ1) is 16.5. The van der Waals surface area contributed by atoms with E-state index in [1.807, 2.05) is 0 Å². The number of rotatable bonds is 25. The Hall–Kier alpha value is -1.67. The fourth-order valence-electron chi connectivity index (χ4n) is 3.71. The van der Waals surface area contributed by atoms with Crippen molar-refractivity contribution in [3.8, 4) is 0 Å². The van der Waals surface area contributed by atoms with Crippen molar-refractivity contribution < 1.29 is 34.1 Å². The lowest BCUT2D eigenvalue weighted by Gasteiger charge is -2.21. The van der Waals surface area contributed by atoms with Gasteiger partial charge in [-0.15, -0.1) is 0 Å². The first kappa shape index (κ1) is 32.3. The number of hydrogen-bond acceptors (Lipinski definition) is 7. The number of aliphatic hydroxyl groups is 1. The van der Waals surface area contributed by atoms with Gasteiger partial charge in [0.2, 0.25) is 0 Å². The van der Waals surface area contributed by atoms with Crippen LogP contribution in [0, 0.1) is 0 Å². The van der Waals surface area contributed by atoms with Crippen molar-refractivity contribution in [3.05, 3.63) is 0 Å². The van der Waals surface area contributed by atoms with E-state index in [2.05, 4.69) is 11.8 Å². The van der Waals surface area contributed by atoms with Gasteiger partial charge < -0.3 is 24.6 Å². The van der Waals surface area contributed by atoms with Crippen LogP contribution >= 0.6 is 0 Å². The molecule has 0 aliphatic carbocycles. The maximum Gasteiger partial charge on any atom is 0.317 e. The highest BCUT2D eigenvalue weighted by Gasteiger charge is 2.12. The number of aliphatic hydroxyl groups excluding tert-OH is 1. The van der Waals surface area contributed by atoms with Gasteiger partial charge in [0.25, 0.3) is 0 Å². The normalized spacial score (nSPS) is 11.0. The number of nitrogens with zero attached hydrogens (tertiary/aromatic N) is 1. The summed E-state index contributed by atoms with van der Waals surface area (Å²) in [5, 5.41) is 17.9. The molecule has 0 atom stereocenters. The zero-order valence-corrected chi connectivity index (χ0v) is 21.4. The smallest absolute Gasteiger partial charge is 0.317 e. The van der Waals surface area contributed by atoms with Crippen LogP contribution in [-0.2, 0) is 23.9 Å². The third-order valence-electron chi connectivity index (χ3n) is 5.71. The maximum absolute atomic E-state index is 11.7. The summed E-state index contributed by atoms with van der Waals surface area (Å²) in [6.45, 7) is 5.44. The topological polar surface area (TPSA) is 113 Å². The number of hydrogen-bond donors (Lipinski definition) is 2. The van der Waals surface area contributed by atoms with Crippen LogP contribution in [0.2, 0.25) is 0 Å². The number of carboxylic acids is 1. The number of carbonyl (C=O) groups excluding carboxylic acids is 2. The second kappa shape index (κ2) is 24.5. The van der Waals surface area contributed by atoms with Crippen LogP contribution in [0.1, 0.15) is 110 Å². The Bertz CT molecular complexity index is 513. The standard InChI is InChI=1S/C26H49NO7/c1-2-3-4-5-9-14-21-33-25(31)23-26(32)34-22-15-10-13-18-27(19-20-28)17-12-8-6-7-11-16-24(29)30/h28H,2-23H2,1H3,(H,29,30). The number of ether oxygens (including phenoxy) is 2. The van der Waals surface area contributed by atoms with E-state index in [-0.39, 0.29) is 19.4 Å². The highest BCUT2D eigenvalue weighted by atomic mass is 16.6. The van der Waals surface area contributed by atoms with E-state index < -0.39 is 17.9 Å². The third-order valence-corrected chi connectivity index (χ3v) is 5.71. The highest BCUT2D eigenvalue weighted by molar-refractivity contribution is 5.91. The van der Waals surface area contributed by atoms with E-state index in [0.29, 0.717) is 19.8 Å². The van der Waals surface area contributed by atoms with Gasteiger partial charge in [-0.3, -0.25) is 14.4 Å². The van der Waals surface area contributed by atoms with E-state index in [1.54, 1.807) is 0 Å². The van der Waals surface area contributed by atoms with Crippen molar-refractivity contribution >= 4 is 17.9 Å². The molecule has 0 bridgehead atoms. The van der Waals surface area contributed by atoms with E-state index in [0.717, 1.165) is 83.7 Å². The van der Waals surface area contributed by atoms with Crippen molar-refractivity contribution in [2.45, 2.75) is 110 Å². The molecule has 200 valence electrons. The van der Waals surface area contributed by atoms with E-state index in [1.165, 1.54) is 19.3 Å². The van der Waals surface area contributed by atoms with E-state index >= 15 is 0 Å².